The molecule has 0 unspecified atom stereocenters. The fraction of sp³-hybridized carbons (Fsp3) is 0.625. The van der Waals surface area contributed by atoms with Crippen LogP contribution in [0, 0.1) is 0 Å². The Morgan fingerprint density at radius 2 is 0.771 bits per heavy atom. The van der Waals surface area contributed by atoms with Crippen molar-refractivity contribution in [3.05, 3.63) is 56.2 Å². The molecule has 3 aromatic rings. The summed E-state index contributed by atoms with van der Waals surface area (Å²) < 4.78 is 12.8. The minimum atomic E-state index is -2.61. The molecule has 3 aromatic heterocycles. The van der Waals surface area contributed by atoms with Gasteiger partial charge in [0.1, 0.15) is 37.2 Å². The Hall–Kier alpha value is -0.691. The number of imidazole rings is 3. The third-order valence-corrected chi connectivity index (χ3v) is 4.78. The summed E-state index contributed by atoms with van der Waals surface area (Å²) in [4.78, 5) is 0. The molecule has 0 saturated heterocycles. The first kappa shape index (κ1) is 34.3. The van der Waals surface area contributed by atoms with Crippen molar-refractivity contribution in [1.82, 2.24) is 13.7 Å². The third kappa shape index (κ3) is 22.2. The van der Waals surface area contributed by atoms with Crippen molar-refractivity contribution >= 4 is 40.4 Å². The van der Waals surface area contributed by atoms with E-state index < -0.39 is 9.20 Å². The Kier molecular flexibility index (Phi) is 20.0. The van der Waals surface area contributed by atoms with Gasteiger partial charge in [0.15, 0.2) is 0 Å². The van der Waals surface area contributed by atoms with Gasteiger partial charge in [0.25, 0.3) is 0 Å². The van der Waals surface area contributed by atoms with Crippen LogP contribution in [0.5, 0.6) is 0 Å². The molecule has 0 spiro atoms. The van der Waals surface area contributed by atoms with Crippen molar-refractivity contribution in [2.75, 3.05) is 0 Å². The number of nitrogens with zero attached hydrogens (tertiary/aromatic N) is 6. The van der Waals surface area contributed by atoms with Gasteiger partial charge in [0.05, 0.1) is 40.8 Å². The maximum atomic E-state index is 4.95. The van der Waals surface area contributed by atoms with Gasteiger partial charge in [-0.1, -0.05) is 40.0 Å². The standard InChI is InChI=1S/3C8H15N2.4ClH.Fe/c3*1-3-4-5-10-7-6-9(2)8-10;;;;;/h3*6-8H,3-5H2,1-2H3;4*1H;/q3*+1;;;;;+1/p-4. The molecule has 3 rings (SSSR count). The Bertz CT molecular complexity index is 777. The molecule has 0 aliphatic carbocycles. The maximum absolute atomic E-state index is 4.95. The van der Waals surface area contributed by atoms with Crippen LogP contribution in [0.2, 0.25) is 0 Å². The van der Waals surface area contributed by atoms with E-state index in [2.05, 4.69) is 104 Å². The van der Waals surface area contributed by atoms with Gasteiger partial charge in [0.2, 0.25) is 19.0 Å². The zero-order valence-corrected chi connectivity index (χ0v) is 26.2. The van der Waals surface area contributed by atoms with E-state index in [1.165, 1.54) is 38.5 Å². The second kappa shape index (κ2) is 20.4. The van der Waals surface area contributed by atoms with Crippen LogP contribution >= 0.6 is 40.4 Å². The first-order valence-electron chi connectivity index (χ1n) is 12.0. The van der Waals surface area contributed by atoms with Crippen molar-refractivity contribution in [2.24, 2.45) is 21.1 Å². The monoisotopic (exact) mass is 613 g/mol. The predicted octanol–water partition coefficient (Wildman–Crippen LogP) is 6.09. The van der Waals surface area contributed by atoms with Crippen LogP contribution in [0.15, 0.2) is 56.2 Å². The molecule has 0 N–H and O–H groups in total. The van der Waals surface area contributed by atoms with Crippen LogP contribution in [-0.4, -0.2) is 13.7 Å². The van der Waals surface area contributed by atoms with Crippen molar-refractivity contribution in [1.29, 1.82) is 0 Å². The number of hydrogen-bond donors (Lipinski definition) is 0. The fourth-order valence-electron chi connectivity index (χ4n) is 2.92. The SMILES string of the molecule is CCCCn1cc[n+](C)c1.CCCCn1cc[n+](C)c1.CCCCn1cc[n+](C)c1.[Cl][Fe-3]([Cl])([Cl])[Cl]. The number of halogens is 4. The topological polar surface area (TPSA) is 26.4 Å². The average Bonchev–Trinajstić information content (AvgIpc) is 3.50. The number of rotatable bonds is 9. The van der Waals surface area contributed by atoms with E-state index in [0.29, 0.717) is 0 Å². The van der Waals surface area contributed by atoms with Gasteiger partial charge in [-0.25, -0.2) is 27.4 Å². The van der Waals surface area contributed by atoms with Crippen molar-refractivity contribution < 1.29 is 22.9 Å². The normalized spacial score (nSPS) is 10.9. The summed E-state index contributed by atoms with van der Waals surface area (Å²) in [5, 5.41) is 0. The molecule has 0 aliphatic heterocycles. The summed E-state index contributed by atoms with van der Waals surface area (Å²) in [5.74, 6) is 0. The van der Waals surface area contributed by atoms with Gasteiger partial charge < -0.3 is 0 Å². The summed E-state index contributed by atoms with van der Waals surface area (Å²) in [6.07, 6.45) is 26.5. The molecule has 0 aliphatic rings. The number of hydrogen-bond acceptors (Lipinski definition) is 0. The van der Waals surface area contributed by atoms with Crippen LogP contribution in [0.4, 0.5) is 0 Å². The molecule has 11 heteroatoms. The van der Waals surface area contributed by atoms with Crippen LogP contribution in [0.3, 0.4) is 0 Å². The molecular formula is C24H45Cl4FeN6. The van der Waals surface area contributed by atoms with Crippen LogP contribution < -0.4 is 13.7 Å². The molecule has 0 atom stereocenters. The summed E-state index contributed by atoms with van der Waals surface area (Å²) in [7, 11) is 23.3. The van der Waals surface area contributed by atoms with E-state index in [4.69, 9.17) is 40.4 Å². The molecule has 207 valence electrons. The van der Waals surface area contributed by atoms with Gasteiger partial charge in [-0.3, -0.25) is 0 Å². The number of unbranched alkanes of at least 4 members (excludes halogenated alkanes) is 3. The molecule has 0 saturated carbocycles. The quantitative estimate of drug-likeness (QED) is 0.206. The van der Waals surface area contributed by atoms with Gasteiger partial charge in [-0.05, 0) is 19.3 Å². The van der Waals surface area contributed by atoms with Crippen molar-refractivity contribution in [2.45, 2.75) is 78.9 Å². The molecule has 0 fully saturated rings. The van der Waals surface area contributed by atoms with Crippen LogP contribution in [-0.2, 0) is 50.0 Å². The van der Waals surface area contributed by atoms with E-state index in [0.717, 1.165) is 19.6 Å². The van der Waals surface area contributed by atoms with E-state index >= 15 is 0 Å². The Morgan fingerprint density at radius 1 is 0.543 bits per heavy atom. The third-order valence-electron chi connectivity index (χ3n) is 4.78. The van der Waals surface area contributed by atoms with Crippen LogP contribution in [0.1, 0.15) is 59.3 Å². The van der Waals surface area contributed by atoms with E-state index in [-0.39, 0.29) is 0 Å². The summed E-state index contributed by atoms with van der Waals surface area (Å²) in [6.45, 7) is 10.1. The fourth-order valence-corrected chi connectivity index (χ4v) is 2.92. The van der Waals surface area contributed by atoms with Gasteiger partial charge in [-0.15, -0.1) is 0 Å². The average molecular weight is 615 g/mol. The molecule has 0 radical (unpaired) electrons. The second-order valence-electron chi connectivity index (χ2n) is 8.31. The molecule has 6 nitrogen and oxygen atoms in total. The Balaban J connectivity index is 0.000000453. The molecular weight excluding hydrogens is 570 g/mol. The van der Waals surface area contributed by atoms with E-state index in [9.17, 15) is 0 Å². The Morgan fingerprint density at radius 3 is 0.914 bits per heavy atom. The first-order valence-corrected chi connectivity index (χ1v) is 18.1. The second-order valence-corrected chi connectivity index (χ2v) is 19.3. The summed E-state index contributed by atoms with van der Waals surface area (Å²) in [5.41, 5.74) is 0. The number of aromatic nitrogens is 6. The molecule has 0 amide bonds. The first-order chi connectivity index (χ1) is 16.5. The minimum absolute atomic E-state index is 1.15. The molecule has 35 heavy (non-hydrogen) atoms. The van der Waals surface area contributed by atoms with Gasteiger partial charge in [0, 0.05) is 0 Å². The van der Waals surface area contributed by atoms with Crippen molar-refractivity contribution in [3.63, 3.8) is 0 Å². The van der Waals surface area contributed by atoms with E-state index in [1.54, 1.807) is 0 Å². The molecule has 0 bridgehead atoms. The van der Waals surface area contributed by atoms with E-state index in [1.807, 2.05) is 21.1 Å². The zero-order valence-electron chi connectivity index (χ0n) is 22.1. The van der Waals surface area contributed by atoms with Crippen LogP contribution in [0.25, 0.3) is 0 Å². The number of aryl methyl sites for hydroxylation is 6. The predicted molar refractivity (Wildman–Crippen MR) is 145 cm³/mol. The van der Waals surface area contributed by atoms with Crippen molar-refractivity contribution in [3.8, 4) is 0 Å². The van der Waals surface area contributed by atoms with Gasteiger partial charge >= 0.3 is 49.6 Å². The summed E-state index contributed by atoms with van der Waals surface area (Å²) >= 11 is 0. The Labute approximate surface area is 232 Å². The molecule has 3 heterocycles. The summed E-state index contributed by atoms with van der Waals surface area (Å²) in [6, 6.07) is 0. The van der Waals surface area contributed by atoms with Gasteiger partial charge in [-0.2, -0.15) is 0 Å². The zero-order chi connectivity index (χ0) is 26.7. The molecule has 0 aromatic carbocycles.